The van der Waals surface area contributed by atoms with E-state index in [9.17, 15) is 23.2 Å². The van der Waals surface area contributed by atoms with Crippen molar-refractivity contribution in [3.8, 4) is 0 Å². The number of anilines is 3. The van der Waals surface area contributed by atoms with Crippen LogP contribution in [0, 0.1) is 11.6 Å². The first-order valence-corrected chi connectivity index (χ1v) is 9.40. The van der Waals surface area contributed by atoms with Crippen molar-refractivity contribution in [1.29, 1.82) is 0 Å². The van der Waals surface area contributed by atoms with Crippen LogP contribution in [-0.2, 0) is 11.3 Å². The average Bonchev–Trinajstić information content (AvgIpc) is 2.67. The first kappa shape index (κ1) is 22.1. The number of H-pyrrole nitrogens is 1. The number of aromatic amines is 1. The number of rotatable bonds is 9. The van der Waals surface area contributed by atoms with Gasteiger partial charge in [-0.15, -0.1) is 0 Å². The summed E-state index contributed by atoms with van der Waals surface area (Å²) in [5.41, 5.74) is 5.15. The van der Waals surface area contributed by atoms with Crippen molar-refractivity contribution >= 4 is 23.1 Å². The molecule has 0 aliphatic heterocycles. The topological polar surface area (TPSA) is 113 Å². The molecule has 0 fully saturated rings. The summed E-state index contributed by atoms with van der Waals surface area (Å²) in [6.45, 7) is 4.65. The largest absolute Gasteiger partial charge is 0.383 e. The highest BCUT2D eigenvalue weighted by Gasteiger charge is 2.18. The normalized spacial score (nSPS) is 10.8. The minimum atomic E-state index is -1.06. The molecule has 0 aliphatic rings. The maximum atomic E-state index is 13.3. The maximum absolute atomic E-state index is 13.3. The molecule has 1 amide bonds. The Labute approximate surface area is 166 Å². The summed E-state index contributed by atoms with van der Waals surface area (Å²) in [6, 6.07) is 3.06. The fourth-order valence-electron chi connectivity index (χ4n) is 2.88. The highest BCUT2D eigenvalue weighted by Crippen LogP contribution is 2.18. The van der Waals surface area contributed by atoms with Gasteiger partial charge in [0.15, 0.2) is 11.6 Å². The summed E-state index contributed by atoms with van der Waals surface area (Å²) in [5, 5.41) is 2.47. The van der Waals surface area contributed by atoms with Gasteiger partial charge in [0, 0.05) is 37.8 Å². The number of carbonyl (C=O) groups is 1. The lowest BCUT2D eigenvalue weighted by atomic mass is 10.2. The minimum Gasteiger partial charge on any atom is -0.383 e. The van der Waals surface area contributed by atoms with E-state index in [0.29, 0.717) is 13.1 Å². The number of hydrogen-bond donors (Lipinski definition) is 3. The maximum Gasteiger partial charge on any atom is 0.330 e. The van der Waals surface area contributed by atoms with Crippen LogP contribution in [0.1, 0.15) is 33.1 Å². The van der Waals surface area contributed by atoms with Crippen LogP contribution in [-0.4, -0.2) is 28.5 Å². The lowest BCUT2D eigenvalue weighted by Crippen LogP contribution is -2.39. The fourth-order valence-corrected chi connectivity index (χ4v) is 2.88. The molecule has 2 aromatic rings. The molecule has 158 valence electrons. The zero-order chi connectivity index (χ0) is 21.6. The van der Waals surface area contributed by atoms with Gasteiger partial charge in [0.25, 0.3) is 5.56 Å². The number of hydrogen-bond acceptors (Lipinski definition) is 5. The Morgan fingerprint density at radius 3 is 2.59 bits per heavy atom. The van der Waals surface area contributed by atoms with Gasteiger partial charge in [0.05, 0.1) is 0 Å². The predicted octanol–water partition coefficient (Wildman–Crippen LogP) is 2.05. The zero-order valence-corrected chi connectivity index (χ0v) is 16.4. The first-order valence-electron chi connectivity index (χ1n) is 9.40. The van der Waals surface area contributed by atoms with Gasteiger partial charge in [0.1, 0.15) is 11.5 Å². The van der Waals surface area contributed by atoms with Crippen molar-refractivity contribution in [3.63, 3.8) is 0 Å². The molecule has 0 bridgehead atoms. The van der Waals surface area contributed by atoms with E-state index in [2.05, 4.69) is 10.3 Å². The van der Waals surface area contributed by atoms with Gasteiger partial charge in [-0.3, -0.25) is 19.1 Å². The second-order valence-electron chi connectivity index (χ2n) is 6.51. The van der Waals surface area contributed by atoms with Crippen molar-refractivity contribution in [3.05, 3.63) is 50.7 Å². The lowest BCUT2D eigenvalue weighted by molar-refractivity contribution is -0.116. The van der Waals surface area contributed by atoms with Crippen LogP contribution in [0.2, 0.25) is 0 Å². The molecule has 0 saturated carbocycles. The summed E-state index contributed by atoms with van der Waals surface area (Å²) < 4.78 is 27.5. The molecule has 10 heteroatoms. The highest BCUT2D eigenvalue weighted by molar-refractivity contribution is 5.91. The molecule has 1 heterocycles. The van der Waals surface area contributed by atoms with E-state index < -0.39 is 28.8 Å². The molecule has 0 unspecified atom stereocenters. The number of carbonyl (C=O) groups excluding carboxylic acids is 1. The van der Waals surface area contributed by atoms with E-state index in [4.69, 9.17) is 5.73 Å². The standard InChI is InChI=1S/C19H25F2N5O3/c1-3-5-9-26-17(22)16(18(28)24-19(26)29)25(4-2)10-8-15(27)23-12-6-7-13(20)14(21)11-12/h6-7,11H,3-5,8-10,22H2,1-2H3,(H,23,27)(H,24,28,29). The summed E-state index contributed by atoms with van der Waals surface area (Å²) in [4.78, 5) is 40.4. The van der Waals surface area contributed by atoms with Gasteiger partial charge >= 0.3 is 5.69 Å². The lowest BCUT2D eigenvalue weighted by Gasteiger charge is -2.24. The number of halogens is 2. The second kappa shape index (κ2) is 9.85. The minimum absolute atomic E-state index is 0.0280. The molecule has 1 aromatic heterocycles. The number of aromatic nitrogens is 2. The van der Waals surface area contributed by atoms with Crippen LogP contribution in [0.5, 0.6) is 0 Å². The van der Waals surface area contributed by atoms with Crippen LogP contribution in [0.15, 0.2) is 27.8 Å². The summed E-state index contributed by atoms with van der Waals surface area (Å²) in [6.07, 6.45) is 1.54. The average molecular weight is 409 g/mol. The number of amides is 1. The summed E-state index contributed by atoms with van der Waals surface area (Å²) in [7, 11) is 0. The Kier molecular flexibility index (Phi) is 7.52. The Balaban J connectivity index is 2.15. The van der Waals surface area contributed by atoms with E-state index in [1.54, 1.807) is 11.8 Å². The van der Waals surface area contributed by atoms with E-state index in [0.717, 1.165) is 25.0 Å². The molecule has 1 aromatic carbocycles. The third-order valence-corrected chi connectivity index (χ3v) is 4.46. The molecule has 2 rings (SSSR count). The molecule has 0 atom stereocenters. The van der Waals surface area contributed by atoms with E-state index in [-0.39, 0.29) is 30.2 Å². The van der Waals surface area contributed by atoms with E-state index >= 15 is 0 Å². The molecule has 29 heavy (non-hydrogen) atoms. The number of nitrogens with one attached hydrogen (secondary N) is 2. The number of nitrogen functional groups attached to an aromatic ring is 1. The molecule has 8 nitrogen and oxygen atoms in total. The van der Waals surface area contributed by atoms with Crippen molar-refractivity contribution in [2.45, 2.75) is 39.7 Å². The van der Waals surface area contributed by atoms with E-state index in [1.165, 1.54) is 10.6 Å². The number of nitrogens with two attached hydrogens (primary N) is 1. The van der Waals surface area contributed by atoms with Crippen LogP contribution in [0.4, 0.5) is 26.0 Å². The van der Waals surface area contributed by atoms with Crippen LogP contribution >= 0.6 is 0 Å². The monoisotopic (exact) mass is 409 g/mol. The Bertz CT molecular complexity index is 987. The summed E-state index contributed by atoms with van der Waals surface area (Å²) in [5.74, 6) is -2.46. The number of benzene rings is 1. The molecular formula is C19H25F2N5O3. The van der Waals surface area contributed by atoms with Gasteiger partial charge in [-0.25, -0.2) is 13.6 Å². The van der Waals surface area contributed by atoms with Gasteiger partial charge in [0.2, 0.25) is 5.91 Å². The SMILES string of the molecule is CCCCn1c(N)c(N(CC)CCC(=O)Nc2ccc(F)c(F)c2)c(=O)[nH]c1=O. The van der Waals surface area contributed by atoms with E-state index in [1.807, 2.05) is 6.92 Å². The Hall–Kier alpha value is -3.17. The molecular weight excluding hydrogens is 384 g/mol. The zero-order valence-electron chi connectivity index (χ0n) is 16.4. The van der Waals surface area contributed by atoms with Crippen LogP contribution < -0.4 is 27.2 Å². The molecule has 0 radical (unpaired) electrons. The van der Waals surface area contributed by atoms with Crippen LogP contribution in [0.3, 0.4) is 0 Å². The van der Waals surface area contributed by atoms with Gasteiger partial charge < -0.3 is 16.0 Å². The van der Waals surface area contributed by atoms with Crippen molar-refractivity contribution in [2.75, 3.05) is 29.0 Å². The van der Waals surface area contributed by atoms with Gasteiger partial charge in [-0.2, -0.15) is 0 Å². The first-order chi connectivity index (χ1) is 13.8. The van der Waals surface area contributed by atoms with Crippen molar-refractivity contribution < 1.29 is 13.6 Å². The third-order valence-electron chi connectivity index (χ3n) is 4.46. The van der Waals surface area contributed by atoms with Crippen molar-refractivity contribution in [2.24, 2.45) is 0 Å². The summed E-state index contributed by atoms with van der Waals surface area (Å²) >= 11 is 0. The molecule has 0 aliphatic carbocycles. The van der Waals surface area contributed by atoms with Crippen LogP contribution in [0.25, 0.3) is 0 Å². The second-order valence-corrected chi connectivity index (χ2v) is 6.51. The Morgan fingerprint density at radius 2 is 1.97 bits per heavy atom. The number of nitrogens with zero attached hydrogens (tertiary/aromatic N) is 2. The quantitative estimate of drug-likeness (QED) is 0.587. The van der Waals surface area contributed by atoms with Gasteiger partial charge in [-0.05, 0) is 25.5 Å². The molecule has 4 N–H and O–H groups in total. The highest BCUT2D eigenvalue weighted by atomic mass is 19.2. The van der Waals surface area contributed by atoms with Gasteiger partial charge in [-0.1, -0.05) is 13.3 Å². The van der Waals surface area contributed by atoms with Crippen molar-refractivity contribution in [1.82, 2.24) is 9.55 Å². The third kappa shape index (κ3) is 5.43. The predicted molar refractivity (Wildman–Crippen MR) is 108 cm³/mol. The fraction of sp³-hybridized carbons (Fsp3) is 0.421. The smallest absolute Gasteiger partial charge is 0.330 e. The number of unbranched alkanes of at least 4 members (excludes halogenated alkanes) is 1. The Morgan fingerprint density at radius 1 is 1.24 bits per heavy atom. The molecule has 0 spiro atoms. The molecule has 0 saturated heterocycles.